The van der Waals surface area contributed by atoms with E-state index < -0.39 is 10.4 Å². The maximum absolute atomic E-state index is 10.2. The monoisotopic (exact) mass is 322 g/mol. The van der Waals surface area contributed by atoms with Gasteiger partial charge < -0.3 is 13.5 Å². The van der Waals surface area contributed by atoms with Crippen LogP contribution in [0.2, 0.25) is 0 Å². The van der Waals surface area contributed by atoms with Gasteiger partial charge in [0, 0.05) is 0 Å². The molecule has 0 aromatic carbocycles. The van der Waals surface area contributed by atoms with E-state index in [9.17, 15) is 8.42 Å². The molecule has 0 fully saturated rings. The van der Waals surface area contributed by atoms with Gasteiger partial charge in [-0.05, 0) is 6.42 Å². The van der Waals surface area contributed by atoms with Gasteiger partial charge in [0.2, 0.25) is 0 Å². The van der Waals surface area contributed by atoms with E-state index in [-0.39, 0.29) is 49.7 Å². The van der Waals surface area contributed by atoms with Crippen LogP contribution in [0.1, 0.15) is 71.1 Å². The minimum atomic E-state index is -4.23. The van der Waals surface area contributed by atoms with Crippen LogP contribution < -0.4 is 29.6 Å². The van der Waals surface area contributed by atoms with Gasteiger partial charge in [0.1, 0.15) is 0 Å². The van der Waals surface area contributed by atoms with Gasteiger partial charge in [-0.3, -0.25) is 4.55 Å². The Morgan fingerprint density at radius 2 is 1.21 bits per heavy atom. The van der Waals surface area contributed by atoms with Crippen LogP contribution in [-0.2, 0) is 28.1 Å². The molecule has 0 bridgehead atoms. The minimum absolute atomic E-state index is 0. The topological polar surface area (TPSA) is 63.6 Å². The zero-order chi connectivity index (χ0) is 13.0. The molecule has 0 saturated heterocycles. The van der Waals surface area contributed by atoms with Crippen LogP contribution in [-0.4, -0.2) is 19.6 Å². The SMILES string of the molecule is CCCCCCCCCCCCOS(=O)(=O)O.[Na+].[SH-]. The van der Waals surface area contributed by atoms with Crippen molar-refractivity contribution in [3.63, 3.8) is 0 Å². The van der Waals surface area contributed by atoms with Gasteiger partial charge in [0.05, 0.1) is 6.61 Å². The van der Waals surface area contributed by atoms with Crippen LogP contribution in [0.4, 0.5) is 0 Å². The van der Waals surface area contributed by atoms with E-state index in [1.807, 2.05) is 0 Å². The van der Waals surface area contributed by atoms with Gasteiger partial charge >= 0.3 is 40.0 Å². The molecule has 0 amide bonds. The van der Waals surface area contributed by atoms with E-state index in [1.54, 1.807) is 0 Å². The van der Waals surface area contributed by atoms with Gasteiger partial charge in [-0.2, -0.15) is 8.42 Å². The van der Waals surface area contributed by atoms with E-state index in [2.05, 4.69) is 11.1 Å². The molecular formula is C12H27NaO4S2. The maximum Gasteiger partial charge on any atom is 1.00 e. The first kappa shape index (κ1) is 25.2. The molecule has 0 spiro atoms. The van der Waals surface area contributed by atoms with Crippen molar-refractivity contribution in [3.8, 4) is 0 Å². The molecule has 0 aromatic rings. The molecular weight excluding hydrogens is 295 g/mol. The largest absolute Gasteiger partial charge is 1.00 e. The Hall–Kier alpha value is 1.22. The second kappa shape index (κ2) is 17.3. The molecule has 0 rings (SSSR count). The zero-order valence-electron chi connectivity index (χ0n) is 12.3. The second-order valence-electron chi connectivity index (χ2n) is 4.43. The van der Waals surface area contributed by atoms with Crippen LogP contribution in [0, 0.1) is 0 Å². The van der Waals surface area contributed by atoms with Crippen LogP contribution in [0.3, 0.4) is 0 Å². The van der Waals surface area contributed by atoms with Gasteiger partial charge in [-0.1, -0.05) is 64.7 Å². The molecule has 0 radical (unpaired) electrons. The summed E-state index contributed by atoms with van der Waals surface area (Å²) in [7, 11) is -4.23. The molecule has 0 saturated carbocycles. The Balaban J connectivity index is -0.00000128. The first-order valence-electron chi connectivity index (χ1n) is 6.68. The fourth-order valence-electron chi connectivity index (χ4n) is 1.75. The van der Waals surface area contributed by atoms with Crippen LogP contribution in [0.25, 0.3) is 0 Å². The number of hydrogen-bond acceptors (Lipinski definition) is 4. The third-order valence-electron chi connectivity index (χ3n) is 2.73. The Bertz CT molecular complexity index is 258. The van der Waals surface area contributed by atoms with Crippen LogP contribution >= 0.6 is 0 Å². The van der Waals surface area contributed by atoms with Crippen molar-refractivity contribution in [2.45, 2.75) is 71.1 Å². The standard InChI is InChI=1S/C12H26O4S.Na.H2S/c1-2-3-4-5-6-7-8-9-10-11-12-16-17(13,14)15;;/h2-12H2,1H3,(H,13,14,15);;1H2/q;+1;/p-1. The van der Waals surface area contributed by atoms with Gasteiger partial charge in [0.15, 0.2) is 0 Å². The first-order chi connectivity index (χ1) is 8.06. The van der Waals surface area contributed by atoms with Crippen molar-refractivity contribution in [1.29, 1.82) is 0 Å². The Morgan fingerprint density at radius 1 is 0.842 bits per heavy atom. The summed E-state index contributed by atoms with van der Waals surface area (Å²) in [6.07, 6.45) is 11.9. The first-order valence-corrected chi connectivity index (χ1v) is 8.04. The summed E-state index contributed by atoms with van der Waals surface area (Å²) < 4.78 is 33.0. The Morgan fingerprint density at radius 3 is 1.58 bits per heavy atom. The van der Waals surface area contributed by atoms with Gasteiger partial charge in [-0.15, -0.1) is 0 Å². The predicted octanol–water partition coefficient (Wildman–Crippen LogP) is 0.461. The van der Waals surface area contributed by atoms with Crippen molar-refractivity contribution in [3.05, 3.63) is 0 Å². The Kier molecular flexibility index (Phi) is 22.9. The second-order valence-corrected chi connectivity index (χ2v) is 5.52. The summed E-state index contributed by atoms with van der Waals surface area (Å²) in [5.74, 6) is 0. The van der Waals surface area contributed by atoms with Crippen molar-refractivity contribution in [2.24, 2.45) is 0 Å². The summed E-state index contributed by atoms with van der Waals surface area (Å²) in [6.45, 7) is 2.31. The van der Waals surface area contributed by atoms with E-state index >= 15 is 0 Å². The molecule has 0 atom stereocenters. The number of hydrogen-bond donors (Lipinski definition) is 1. The quantitative estimate of drug-likeness (QED) is 0.186. The molecule has 1 N–H and O–H groups in total. The summed E-state index contributed by atoms with van der Waals surface area (Å²) in [4.78, 5) is 0. The minimum Gasteiger partial charge on any atom is -0.813 e. The average Bonchev–Trinajstić information content (AvgIpc) is 2.24. The number of unbranched alkanes of at least 4 members (excludes halogenated alkanes) is 9. The fraction of sp³-hybridized carbons (Fsp3) is 1.00. The molecule has 4 nitrogen and oxygen atoms in total. The van der Waals surface area contributed by atoms with Gasteiger partial charge in [0.25, 0.3) is 0 Å². The third kappa shape index (κ3) is 24.6. The maximum atomic E-state index is 10.2. The van der Waals surface area contributed by atoms with Crippen LogP contribution in [0.5, 0.6) is 0 Å². The van der Waals surface area contributed by atoms with E-state index in [0.717, 1.165) is 12.8 Å². The molecule has 0 aliphatic heterocycles. The van der Waals surface area contributed by atoms with E-state index in [1.165, 1.54) is 44.9 Å². The Labute approximate surface area is 147 Å². The molecule has 0 aliphatic carbocycles. The molecule has 0 heterocycles. The average molecular weight is 322 g/mol. The summed E-state index contributed by atoms with van der Waals surface area (Å²) in [6, 6.07) is 0. The number of thiol groups is 1. The molecule has 0 unspecified atom stereocenters. The van der Waals surface area contributed by atoms with Crippen molar-refractivity contribution in [2.75, 3.05) is 6.61 Å². The smallest absolute Gasteiger partial charge is 0.813 e. The predicted molar refractivity (Wildman–Crippen MR) is 78.1 cm³/mol. The number of rotatable bonds is 12. The zero-order valence-corrected chi connectivity index (χ0v) is 16.0. The molecule has 19 heavy (non-hydrogen) atoms. The fourth-order valence-corrected chi connectivity index (χ4v) is 2.08. The normalized spacial score (nSPS) is 10.6. The summed E-state index contributed by atoms with van der Waals surface area (Å²) in [5, 5.41) is 0. The summed E-state index contributed by atoms with van der Waals surface area (Å²) >= 11 is 0. The third-order valence-corrected chi connectivity index (χ3v) is 3.19. The molecule has 112 valence electrons. The molecule has 0 aromatic heterocycles. The van der Waals surface area contributed by atoms with E-state index in [0.29, 0.717) is 6.42 Å². The van der Waals surface area contributed by atoms with Crippen molar-refractivity contribution < 1.29 is 46.7 Å². The van der Waals surface area contributed by atoms with E-state index in [4.69, 9.17) is 4.55 Å². The van der Waals surface area contributed by atoms with Crippen molar-refractivity contribution in [1.82, 2.24) is 0 Å². The summed E-state index contributed by atoms with van der Waals surface area (Å²) in [5.41, 5.74) is 0. The van der Waals surface area contributed by atoms with Crippen molar-refractivity contribution >= 4 is 23.9 Å². The molecule has 0 aliphatic rings. The van der Waals surface area contributed by atoms with Gasteiger partial charge in [-0.25, -0.2) is 4.18 Å². The molecule has 7 heteroatoms. The van der Waals surface area contributed by atoms with Crippen LogP contribution in [0.15, 0.2) is 0 Å².